The second-order valence-electron chi connectivity index (χ2n) is 7.11. The average molecular weight is 453 g/mol. The number of ether oxygens (including phenoxy) is 1. The van der Waals surface area contributed by atoms with Crippen LogP contribution in [0, 0.1) is 6.92 Å². The van der Waals surface area contributed by atoms with Crippen LogP contribution in [0.3, 0.4) is 0 Å². The fourth-order valence-corrected chi connectivity index (χ4v) is 4.22. The molecule has 2 heterocycles. The Balaban J connectivity index is 1.73. The van der Waals surface area contributed by atoms with Crippen molar-refractivity contribution in [1.82, 2.24) is 0 Å². The second-order valence-corrected chi connectivity index (χ2v) is 8.46. The minimum atomic E-state index is -0.423. The van der Waals surface area contributed by atoms with Crippen molar-refractivity contribution in [2.45, 2.75) is 20.3 Å². The highest BCUT2D eigenvalue weighted by molar-refractivity contribution is 7.11. The summed E-state index contributed by atoms with van der Waals surface area (Å²) < 4.78 is 5.69. The minimum Gasteiger partial charge on any atom is -0.494 e. The number of carbonyl (C=O) groups is 2. The highest BCUT2D eigenvalue weighted by atomic mass is 35.5. The molecule has 1 aliphatic heterocycles. The molecule has 5 nitrogen and oxygen atoms in total. The molecule has 0 spiro atoms. The third-order valence-corrected chi connectivity index (χ3v) is 6.14. The molecule has 0 bridgehead atoms. The molecule has 0 atom stereocenters. The topological polar surface area (TPSA) is 58.6 Å². The number of rotatable bonds is 7. The number of hydrogen-bond donors (Lipinski definition) is 1. The number of hydrogen-bond acceptors (Lipinski definition) is 5. The van der Waals surface area contributed by atoms with Gasteiger partial charge in [-0.2, -0.15) is 0 Å². The molecule has 0 saturated carbocycles. The number of imide groups is 1. The maximum Gasteiger partial charge on any atom is 0.282 e. The van der Waals surface area contributed by atoms with Crippen molar-refractivity contribution in [3.05, 3.63) is 81.1 Å². The Morgan fingerprint density at radius 3 is 2.61 bits per heavy atom. The van der Waals surface area contributed by atoms with Crippen LogP contribution in [0.1, 0.15) is 23.8 Å². The van der Waals surface area contributed by atoms with E-state index in [9.17, 15) is 9.59 Å². The number of halogens is 1. The molecular weight excluding hydrogens is 432 g/mol. The lowest BCUT2D eigenvalue weighted by Crippen LogP contribution is -2.32. The highest BCUT2D eigenvalue weighted by Gasteiger charge is 2.40. The first-order valence-corrected chi connectivity index (χ1v) is 11.2. The van der Waals surface area contributed by atoms with Gasteiger partial charge >= 0.3 is 0 Å². The first kappa shape index (κ1) is 21.2. The van der Waals surface area contributed by atoms with Crippen molar-refractivity contribution in [3.8, 4) is 5.75 Å². The molecule has 3 aromatic rings. The van der Waals surface area contributed by atoms with Crippen molar-refractivity contribution in [1.29, 1.82) is 0 Å². The van der Waals surface area contributed by atoms with E-state index < -0.39 is 5.91 Å². The van der Waals surface area contributed by atoms with Crippen LogP contribution in [0.15, 0.2) is 65.7 Å². The summed E-state index contributed by atoms with van der Waals surface area (Å²) in [5.41, 5.74) is 2.56. The zero-order valence-corrected chi connectivity index (χ0v) is 18.7. The highest BCUT2D eigenvalue weighted by Crippen LogP contribution is 2.36. The van der Waals surface area contributed by atoms with Gasteiger partial charge in [0.1, 0.15) is 11.4 Å². The summed E-state index contributed by atoms with van der Waals surface area (Å²) in [5, 5.41) is 5.54. The van der Waals surface area contributed by atoms with Crippen LogP contribution in [0.2, 0.25) is 5.02 Å². The van der Waals surface area contributed by atoms with Gasteiger partial charge in [0.2, 0.25) is 0 Å². The van der Waals surface area contributed by atoms with Crippen LogP contribution in [0.25, 0.3) is 5.57 Å². The summed E-state index contributed by atoms with van der Waals surface area (Å²) in [7, 11) is 0. The molecule has 0 saturated heterocycles. The van der Waals surface area contributed by atoms with Crippen molar-refractivity contribution < 1.29 is 14.3 Å². The number of nitrogens with zero attached hydrogens (tertiary/aromatic N) is 1. The largest absolute Gasteiger partial charge is 0.494 e. The molecular formula is C24H21ClN2O3S. The molecule has 7 heteroatoms. The third kappa shape index (κ3) is 4.22. The first-order valence-electron chi connectivity index (χ1n) is 9.92. The molecule has 2 aromatic carbocycles. The Labute approximate surface area is 189 Å². The maximum absolute atomic E-state index is 13.4. The monoisotopic (exact) mass is 452 g/mol. The van der Waals surface area contributed by atoms with Crippen LogP contribution in [-0.2, 0) is 9.59 Å². The number of amides is 2. The van der Waals surface area contributed by atoms with Crippen molar-refractivity contribution in [3.63, 3.8) is 0 Å². The van der Waals surface area contributed by atoms with Gasteiger partial charge < -0.3 is 10.1 Å². The summed E-state index contributed by atoms with van der Waals surface area (Å²) >= 11 is 7.67. The van der Waals surface area contributed by atoms with E-state index >= 15 is 0 Å². The summed E-state index contributed by atoms with van der Waals surface area (Å²) in [6, 6.07) is 16.2. The fraction of sp³-hybridized carbons (Fsp3) is 0.167. The van der Waals surface area contributed by atoms with E-state index in [-0.39, 0.29) is 11.6 Å². The predicted molar refractivity (Wildman–Crippen MR) is 126 cm³/mol. The van der Waals surface area contributed by atoms with E-state index in [2.05, 4.69) is 5.32 Å². The molecule has 31 heavy (non-hydrogen) atoms. The van der Waals surface area contributed by atoms with Gasteiger partial charge in [0.25, 0.3) is 11.8 Å². The number of aryl methyl sites for hydroxylation is 1. The van der Waals surface area contributed by atoms with E-state index in [0.717, 1.165) is 16.9 Å². The number of thiophene rings is 1. The summed E-state index contributed by atoms with van der Waals surface area (Å²) in [6.07, 6.45) is 0.895. The molecule has 1 N–H and O–H groups in total. The van der Waals surface area contributed by atoms with Crippen LogP contribution in [0.5, 0.6) is 5.75 Å². The molecule has 0 radical (unpaired) electrons. The van der Waals surface area contributed by atoms with Crippen LogP contribution in [0.4, 0.5) is 11.4 Å². The Kier molecular flexibility index (Phi) is 6.11. The van der Waals surface area contributed by atoms with Crippen LogP contribution >= 0.6 is 22.9 Å². The molecule has 0 aliphatic carbocycles. The molecule has 0 fully saturated rings. The molecule has 158 valence electrons. The lowest BCUT2D eigenvalue weighted by molar-refractivity contribution is -0.120. The zero-order valence-electron chi connectivity index (χ0n) is 17.1. The van der Waals surface area contributed by atoms with E-state index in [1.54, 1.807) is 18.2 Å². The smallest absolute Gasteiger partial charge is 0.282 e. The molecule has 1 aliphatic rings. The van der Waals surface area contributed by atoms with Gasteiger partial charge in [0.15, 0.2) is 0 Å². The summed E-state index contributed by atoms with van der Waals surface area (Å²) in [6.45, 7) is 4.51. The van der Waals surface area contributed by atoms with Crippen molar-refractivity contribution in [2.75, 3.05) is 16.8 Å². The maximum atomic E-state index is 13.4. The fourth-order valence-electron chi connectivity index (χ4n) is 3.28. The molecule has 1 aromatic heterocycles. The molecule has 2 amide bonds. The Morgan fingerprint density at radius 1 is 1.06 bits per heavy atom. The van der Waals surface area contributed by atoms with Gasteiger partial charge in [0.05, 0.1) is 17.9 Å². The second kappa shape index (κ2) is 8.96. The SMILES string of the molecule is CCCOc1cccc(NC2=C(c3cccs3)C(=O)N(c3ccc(C)c(Cl)c3)C2=O)c1. The van der Waals surface area contributed by atoms with Gasteiger partial charge in [0, 0.05) is 21.7 Å². The normalized spacial score (nSPS) is 13.8. The number of benzene rings is 2. The van der Waals surface area contributed by atoms with E-state index in [4.69, 9.17) is 16.3 Å². The van der Waals surface area contributed by atoms with Crippen molar-refractivity contribution >= 4 is 51.7 Å². The van der Waals surface area contributed by atoms with Crippen LogP contribution in [-0.4, -0.2) is 18.4 Å². The van der Waals surface area contributed by atoms with E-state index in [1.165, 1.54) is 16.2 Å². The summed E-state index contributed by atoms with van der Waals surface area (Å²) in [5.74, 6) is -0.106. The minimum absolute atomic E-state index is 0.233. The Bertz CT molecular complexity index is 1170. The lowest BCUT2D eigenvalue weighted by atomic mass is 10.1. The van der Waals surface area contributed by atoms with Gasteiger partial charge in [-0.1, -0.05) is 36.7 Å². The summed E-state index contributed by atoms with van der Waals surface area (Å²) in [4.78, 5) is 28.6. The zero-order chi connectivity index (χ0) is 22.0. The third-order valence-electron chi connectivity index (χ3n) is 4.84. The van der Waals surface area contributed by atoms with Gasteiger partial charge in [-0.3, -0.25) is 9.59 Å². The average Bonchev–Trinajstić information content (AvgIpc) is 3.36. The molecule has 0 unspecified atom stereocenters. The Hall–Kier alpha value is -3.09. The number of anilines is 2. The van der Waals surface area contributed by atoms with Gasteiger partial charge in [-0.25, -0.2) is 4.90 Å². The standard InChI is InChI=1S/C24H21ClN2O3S/c1-3-11-30-18-7-4-6-16(13-18)26-22-21(20-8-5-12-31-20)23(28)27(24(22)29)17-10-9-15(2)19(25)14-17/h4-10,12-14,26H,3,11H2,1-2H3. The van der Waals surface area contributed by atoms with Crippen LogP contribution < -0.4 is 15.0 Å². The van der Waals surface area contributed by atoms with Gasteiger partial charge in [-0.15, -0.1) is 11.3 Å². The number of carbonyl (C=O) groups excluding carboxylic acids is 2. The first-order chi connectivity index (χ1) is 15.0. The lowest BCUT2D eigenvalue weighted by Gasteiger charge is -2.16. The van der Waals surface area contributed by atoms with Gasteiger partial charge in [-0.05, 0) is 54.6 Å². The predicted octanol–water partition coefficient (Wildman–Crippen LogP) is 5.90. The molecule has 4 rings (SSSR count). The van der Waals surface area contributed by atoms with Crippen molar-refractivity contribution in [2.24, 2.45) is 0 Å². The quantitative estimate of drug-likeness (QED) is 0.454. The van der Waals surface area contributed by atoms with E-state index in [0.29, 0.717) is 34.3 Å². The number of nitrogens with one attached hydrogen (secondary N) is 1. The Morgan fingerprint density at radius 2 is 1.90 bits per heavy atom. The van der Waals surface area contributed by atoms with E-state index in [1.807, 2.05) is 55.6 Å².